The minimum Gasteiger partial charge on any atom is -0.478 e. The van der Waals surface area contributed by atoms with Gasteiger partial charge in [-0.15, -0.1) is 6.58 Å². The van der Waals surface area contributed by atoms with Crippen LogP contribution in [0.4, 0.5) is 0 Å². The van der Waals surface area contributed by atoms with E-state index in [-0.39, 0.29) is 12.2 Å². The first-order valence-corrected chi connectivity index (χ1v) is 4.86. The third-order valence-corrected chi connectivity index (χ3v) is 2.07. The summed E-state index contributed by atoms with van der Waals surface area (Å²) in [7, 11) is 0. The molecule has 0 amide bonds. The molecule has 1 atom stereocenters. The lowest BCUT2D eigenvalue weighted by Gasteiger charge is -2.17. The summed E-state index contributed by atoms with van der Waals surface area (Å²) in [6.07, 6.45) is 0.946. The highest BCUT2D eigenvalue weighted by atomic mass is 16.5. The van der Waals surface area contributed by atoms with E-state index in [1.165, 1.54) is 0 Å². The van der Waals surface area contributed by atoms with Crippen LogP contribution in [0, 0.1) is 0 Å². The highest BCUT2D eigenvalue weighted by molar-refractivity contribution is 5.87. The first-order chi connectivity index (χ1) is 7.66. The molecule has 0 aliphatic heterocycles. The number of carboxylic acid groups (broad SMARTS) is 1. The lowest BCUT2D eigenvalue weighted by atomic mass is 10.0. The second-order valence-electron chi connectivity index (χ2n) is 3.24. The second-order valence-corrected chi connectivity index (χ2v) is 3.24. The van der Waals surface area contributed by atoms with Gasteiger partial charge in [0.25, 0.3) is 0 Å². The van der Waals surface area contributed by atoms with E-state index in [1.54, 1.807) is 6.08 Å². The van der Waals surface area contributed by atoms with E-state index >= 15 is 0 Å². The molecule has 1 aromatic rings. The summed E-state index contributed by atoms with van der Waals surface area (Å²) in [5.74, 6) is -1.06. The number of hydrogen-bond donors (Lipinski definition) is 1. The van der Waals surface area contributed by atoms with Gasteiger partial charge in [-0.1, -0.05) is 43.0 Å². The minimum absolute atomic E-state index is 0.0213. The van der Waals surface area contributed by atoms with Gasteiger partial charge in [-0.3, -0.25) is 0 Å². The number of rotatable bonds is 6. The quantitative estimate of drug-likeness (QED) is 0.589. The molecule has 3 nitrogen and oxygen atoms in total. The molecule has 1 rings (SSSR count). The van der Waals surface area contributed by atoms with E-state index in [9.17, 15) is 4.79 Å². The molecule has 0 aliphatic rings. The molecule has 1 aromatic carbocycles. The van der Waals surface area contributed by atoms with Crippen molar-refractivity contribution in [1.29, 1.82) is 0 Å². The Labute approximate surface area is 94.7 Å². The van der Waals surface area contributed by atoms with Crippen LogP contribution in [0.5, 0.6) is 0 Å². The lowest BCUT2D eigenvalue weighted by molar-refractivity contribution is -0.134. The summed E-state index contributed by atoms with van der Waals surface area (Å²) in [4.78, 5) is 10.9. The van der Waals surface area contributed by atoms with Crippen molar-refractivity contribution in [1.82, 2.24) is 0 Å². The summed E-state index contributed by atoms with van der Waals surface area (Å²) in [5, 5.41) is 8.91. The Hall–Kier alpha value is -1.87. The Balaban J connectivity index is 2.91. The summed E-state index contributed by atoms with van der Waals surface area (Å²) in [6, 6.07) is 9.13. The van der Waals surface area contributed by atoms with Crippen LogP contribution in [0.25, 0.3) is 0 Å². The number of carboxylic acids is 1. The third kappa shape index (κ3) is 3.07. The maximum atomic E-state index is 10.9. The monoisotopic (exact) mass is 218 g/mol. The predicted octanol–water partition coefficient (Wildman–Crippen LogP) is 2.57. The van der Waals surface area contributed by atoms with Gasteiger partial charge in [0.15, 0.2) is 0 Å². The van der Waals surface area contributed by atoms with Crippen molar-refractivity contribution < 1.29 is 14.6 Å². The molecule has 0 spiro atoms. The Morgan fingerprint density at radius 2 is 2.06 bits per heavy atom. The van der Waals surface area contributed by atoms with E-state index in [2.05, 4.69) is 13.2 Å². The first-order valence-electron chi connectivity index (χ1n) is 4.86. The molecule has 0 radical (unpaired) electrons. The average Bonchev–Trinajstić information content (AvgIpc) is 2.30. The standard InChI is InChI=1S/C13H14O3/c1-3-9-16-12(10(2)13(14)15)11-7-5-4-6-8-11/h3-8,12H,1-2,9H2,(H,14,15). The first kappa shape index (κ1) is 12.2. The van der Waals surface area contributed by atoms with Gasteiger partial charge >= 0.3 is 5.97 Å². The molecule has 1 N–H and O–H groups in total. The SMILES string of the molecule is C=CCOC(C(=C)C(=O)O)c1ccccc1. The van der Waals surface area contributed by atoms with Gasteiger partial charge in [0.05, 0.1) is 12.2 Å². The van der Waals surface area contributed by atoms with Crippen LogP contribution >= 0.6 is 0 Å². The average molecular weight is 218 g/mol. The van der Waals surface area contributed by atoms with Crippen molar-refractivity contribution >= 4 is 5.97 Å². The molecule has 0 saturated carbocycles. The molecule has 0 aliphatic carbocycles. The smallest absolute Gasteiger partial charge is 0.333 e. The van der Waals surface area contributed by atoms with Crippen molar-refractivity contribution in [2.75, 3.05) is 6.61 Å². The molecule has 0 heterocycles. The van der Waals surface area contributed by atoms with Crippen LogP contribution < -0.4 is 0 Å². The van der Waals surface area contributed by atoms with Crippen LogP contribution in [0.15, 0.2) is 55.1 Å². The normalized spacial score (nSPS) is 11.8. The van der Waals surface area contributed by atoms with Gasteiger partial charge in [-0.2, -0.15) is 0 Å². The third-order valence-electron chi connectivity index (χ3n) is 2.07. The molecule has 0 saturated heterocycles. The van der Waals surface area contributed by atoms with E-state index in [0.717, 1.165) is 5.56 Å². The molecule has 0 aromatic heterocycles. The Bertz CT molecular complexity index is 381. The predicted molar refractivity (Wildman–Crippen MR) is 62.1 cm³/mol. The van der Waals surface area contributed by atoms with Crippen LogP contribution in [-0.2, 0) is 9.53 Å². The molecule has 84 valence electrons. The van der Waals surface area contributed by atoms with Crippen molar-refractivity contribution in [3.63, 3.8) is 0 Å². The van der Waals surface area contributed by atoms with E-state index in [1.807, 2.05) is 30.3 Å². The zero-order valence-electron chi connectivity index (χ0n) is 8.93. The maximum Gasteiger partial charge on any atom is 0.333 e. The van der Waals surface area contributed by atoms with Crippen molar-refractivity contribution in [2.24, 2.45) is 0 Å². The number of aliphatic carboxylic acids is 1. The highest BCUT2D eigenvalue weighted by Crippen LogP contribution is 2.24. The van der Waals surface area contributed by atoms with Gasteiger partial charge in [-0.25, -0.2) is 4.79 Å². The molecular formula is C13H14O3. The zero-order chi connectivity index (χ0) is 12.0. The number of carbonyl (C=O) groups is 1. The summed E-state index contributed by atoms with van der Waals surface area (Å²) in [6.45, 7) is 7.34. The van der Waals surface area contributed by atoms with E-state index < -0.39 is 12.1 Å². The van der Waals surface area contributed by atoms with Crippen LogP contribution in [0.3, 0.4) is 0 Å². The topological polar surface area (TPSA) is 46.5 Å². The fraction of sp³-hybridized carbons (Fsp3) is 0.154. The fourth-order valence-electron chi connectivity index (χ4n) is 1.30. The van der Waals surface area contributed by atoms with Crippen LogP contribution in [0.1, 0.15) is 11.7 Å². The van der Waals surface area contributed by atoms with E-state index in [4.69, 9.17) is 9.84 Å². The fourth-order valence-corrected chi connectivity index (χ4v) is 1.30. The van der Waals surface area contributed by atoms with Crippen molar-refractivity contribution in [2.45, 2.75) is 6.10 Å². The Morgan fingerprint density at radius 3 is 2.56 bits per heavy atom. The summed E-state index contributed by atoms with van der Waals surface area (Å²) < 4.78 is 5.40. The van der Waals surface area contributed by atoms with Crippen LogP contribution in [0.2, 0.25) is 0 Å². The zero-order valence-corrected chi connectivity index (χ0v) is 8.93. The highest BCUT2D eigenvalue weighted by Gasteiger charge is 2.20. The van der Waals surface area contributed by atoms with Gasteiger partial charge in [0.2, 0.25) is 0 Å². The van der Waals surface area contributed by atoms with Gasteiger partial charge in [0, 0.05) is 0 Å². The van der Waals surface area contributed by atoms with Crippen molar-refractivity contribution in [3.8, 4) is 0 Å². The molecule has 16 heavy (non-hydrogen) atoms. The molecule has 1 unspecified atom stereocenters. The lowest BCUT2D eigenvalue weighted by Crippen LogP contribution is -2.13. The molecule has 0 fully saturated rings. The Kier molecular flexibility index (Phi) is 4.48. The van der Waals surface area contributed by atoms with Gasteiger partial charge < -0.3 is 9.84 Å². The molecular weight excluding hydrogens is 204 g/mol. The summed E-state index contributed by atoms with van der Waals surface area (Å²) in [5.41, 5.74) is 0.796. The van der Waals surface area contributed by atoms with Gasteiger partial charge in [0.1, 0.15) is 6.10 Å². The van der Waals surface area contributed by atoms with Crippen molar-refractivity contribution in [3.05, 3.63) is 60.7 Å². The summed E-state index contributed by atoms with van der Waals surface area (Å²) >= 11 is 0. The minimum atomic E-state index is -1.06. The largest absolute Gasteiger partial charge is 0.478 e. The Morgan fingerprint density at radius 1 is 1.44 bits per heavy atom. The number of hydrogen-bond acceptors (Lipinski definition) is 2. The maximum absolute atomic E-state index is 10.9. The van der Waals surface area contributed by atoms with E-state index in [0.29, 0.717) is 0 Å². The molecule has 3 heteroatoms. The molecule has 0 bridgehead atoms. The second kappa shape index (κ2) is 5.88. The number of ether oxygens (including phenoxy) is 1. The van der Waals surface area contributed by atoms with Crippen LogP contribution in [-0.4, -0.2) is 17.7 Å². The number of benzene rings is 1. The van der Waals surface area contributed by atoms with Gasteiger partial charge in [-0.05, 0) is 5.56 Å².